The van der Waals surface area contributed by atoms with Gasteiger partial charge in [-0.25, -0.2) is 4.79 Å². The number of hydrogen-bond acceptors (Lipinski definition) is 5. The monoisotopic (exact) mass is 583 g/mol. The Kier molecular flexibility index (Phi) is 11.2. The van der Waals surface area contributed by atoms with Crippen LogP contribution in [0.4, 0.5) is 4.79 Å². The molecule has 1 heterocycles. The van der Waals surface area contributed by atoms with Crippen LogP contribution in [0.5, 0.6) is 0 Å². The molecule has 1 aliphatic rings. The number of aliphatic hydroxyl groups excluding tert-OH is 1. The Morgan fingerprint density at radius 3 is 1.90 bits per heavy atom. The third-order valence-corrected chi connectivity index (χ3v) is 13.0. The van der Waals surface area contributed by atoms with Gasteiger partial charge in [-0.2, -0.15) is 0 Å². The van der Waals surface area contributed by atoms with E-state index >= 15 is 0 Å². The van der Waals surface area contributed by atoms with Crippen LogP contribution < -0.4 is 10.4 Å². The summed E-state index contributed by atoms with van der Waals surface area (Å²) in [6, 6.07) is 21.0. The highest BCUT2D eigenvalue weighted by atomic mass is 28.4. The van der Waals surface area contributed by atoms with E-state index in [0.717, 1.165) is 25.7 Å². The van der Waals surface area contributed by atoms with Crippen molar-refractivity contribution in [3.05, 3.63) is 60.7 Å². The molecule has 2 aromatic rings. The van der Waals surface area contributed by atoms with Crippen LogP contribution in [0.2, 0.25) is 5.04 Å². The van der Waals surface area contributed by atoms with Crippen molar-refractivity contribution in [3.63, 3.8) is 0 Å². The molecule has 8 heteroatoms. The molecule has 3 rings (SSSR count). The quantitative estimate of drug-likeness (QED) is 0.265. The fraction of sp³-hybridized carbons (Fsp3) is 0.576. The Labute approximate surface area is 247 Å². The molecule has 1 fully saturated rings. The molecule has 2 aromatic carbocycles. The second-order valence-corrected chi connectivity index (χ2v) is 17.6. The first kappa shape index (κ1) is 32.8. The number of ether oxygens (including phenoxy) is 1. The van der Waals surface area contributed by atoms with Gasteiger partial charge >= 0.3 is 12.1 Å². The van der Waals surface area contributed by atoms with Crippen LogP contribution in [0.25, 0.3) is 0 Å². The van der Waals surface area contributed by atoms with Gasteiger partial charge in [0.05, 0.1) is 6.10 Å². The summed E-state index contributed by atoms with van der Waals surface area (Å²) in [5.74, 6) is -2.09. The average molecular weight is 584 g/mol. The van der Waals surface area contributed by atoms with Crippen molar-refractivity contribution in [1.29, 1.82) is 0 Å². The van der Waals surface area contributed by atoms with Crippen molar-refractivity contribution in [2.75, 3.05) is 13.2 Å². The molecule has 1 aliphatic heterocycles. The molecule has 0 aliphatic carbocycles. The average Bonchev–Trinajstić information content (AvgIpc) is 2.89. The van der Waals surface area contributed by atoms with E-state index in [1.165, 1.54) is 15.3 Å². The van der Waals surface area contributed by atoms with Gasteiger partial charge in [-0.15, -0.1) is 0 Å². The van der Waals surface area contributed by atoms with Crippen molar-refractivity contribution in [1.82, 2.24) is 4.90 Å². The van der Waals surface area contributed by atoms with E-state index in [4.69, 9.17) is 9.16 Å². The Morgan fingerprint density at radius 2 is 1.41 bits per heavy atom. The Morgan fingerprint density at radius 1 is 0.878 bits per heavy atom. The highest BCUT2D eigenvalue weighted by molar-refractivity contribution is 6.99. The maximum Gasteiger partial charge on any atom is 0.410 e. The molecular formula is C33H49NO6Si. The molecule has 226 valence electrons. The number of unbranched alkanes of at least 4 members (excludes halogenated alkanes) is 3. The van der Waals surface area contributed by atoms with Crippen molar-refractivity contribution in [2.45, 2.75) is 103 Å². The van der Waals surface area contributed by atoms with E-state index < -0.39 is 38.0 Å². The van der Waals surface area contributed by atoms with Crippen LogP contribution in [0, 0.1) is 5.92 Å². The molecule has 0 unspecified atom stereocenters. The van der Waals surface area contributed by atoms with Gasteiger partial charge in [0.25, 0.3) is 8.32 Å². The summed E-state index contributed by atoms with van der Waals surface area (Å²) in [6.45, 7) is 12.9. The SMILES string of the molecule is CC(C)(C)OC(=O)N1C[C@H](C(=O)O)[C@H](O)C[C@H]1CCCCCCO[Si](c1ccccc1)(c1ccccc1)C(C)(C)C. The third kappa shape index (κ3) is 8.43. The van der Waals surface area contributed by atoms with Crippen LogP contribution in [0.3, 0.4) is 0 Å². The summed E-state index contributed by atoms with van der Waals surface area (Å²) in [5.41, 5.74) is -0.679. The lowest BCUT2D eigenvalue weighted by atomic mass is 9.87. The number of piperidine rings is 1. The van der Waals surface area contributed by atoms with Crippen LogP contribution in [-0.2, 0) is 14.0 Å². The summed E-state index contributed by atoms with van der Waals surface area (Å²) in [4.78, 5) is 26.1. The van der Waals surface area contributed by atoms with Crippen molar-refractivity contribution in [2.24, 2.45) is 5.92 Å². The standard InChI is InChI=1S/C33H49NO6Si/c1-32(2,3)40-31(38)34-24-28(30(36)37)29(35)23-25(34)17-11-7-8-16-22-39-41(33(4,5)6,26-18-12-9-13-19-26)27-20-14-10-15-21-27/h9-10,12-15,18-21,25,28-29,35H,7-8,11,16-17,22-24H2,1-6H3,(H,36,37)/t25-,28+,29-/m1/s1. The molecule has 1 amide bonds. The summed E-state index contributed by atoms with van der Waals surface area (Å²) in [6.07, 6.45) is 3.18. The minimum absolute atomic E-state index is 0.0393. The Hall–Kier alpha value is -2.68. The van der Waals surface area contributed by atoms with E-state index in [-0.39, 0.29) is 24.0 Å². The normalized spacial score (nSPS) is 20.1. The lowest BCUT2D eigenvalue weighted by Crippen LogP contribution is -2.66. The smallest absolute Gasteiger partial charge is 0.410 e. The van der Waals surface area contributed by atoms with Crippen LogP contribution in [0.15, 0.2) is 60.7 Å². The molecule has 3 atom stereocenters. The van der Waals surface area contributed by atoms with Gasteiger partial charge in [0.15, 0.2) is 0 Å². The van der Waals surface area contributed by atoms with Crippen molar-refractivity contribution >= 4 is 30.8 Å². The summed E-state index contributed by atoms with van der Waals surface area (Å²) in [5, 5.41) is 22.5. The lowest BCUT2D eigenvalue weighted by Gasteiger charge is -2.43. The first-order chi connectivity index (χ1) is 19.3. The number of carboxylic acid groups (broad SMARTS) is 1. The van der Waals surface area contributed by atoms with Gasteiger partial charge in [0, 0.05) is 19.2 Å². The second-order valence-electron chi connectivity index (χ2n) is 13.2. The zero-order valence-corrected chi connectivity index (χ0v) is 26.6. The molecule has 0 bridgehead atoms. The minimum atomic E-state index is -2.54. The molecular weight excluding hydrogens is 534 g/mol. The lowest BCUT2D eigenvalue weighted by molar-refractivity contribution is -0.149. The number of amides is 1. The maximum atomic E-state index is 12.9. The second kappa shape index (κ2) is 14.0. The molecule has 41 heavy (non-hydrogen) atoms. The topological polar surface area (TPSA) is 96.3 Å². The number of aliphatic carboxylic acids is 1. The molecule has 0 radical (unpaired) electrons. The number of nitrogens with zero attached hydrogens (tertiary/aromatic N) is 1. The number of hydrogen-bond donors (Lipinski definition) is 2. The van der Waals surface area contributed by atoms with E-state index in [1.807, 2.05) is 12.1 Å². The van der Waals surface area contributed by atoms with E-state index in [2.05, 4.69) is 69.3 Å². The fourth-order valence-corrected chi connectivity index (χ4v) is 10.5. The molecule has 0 saturated carbocycles. The Balaban J connectivity index is 1.60. The molecule has 1 saturated heterocycles. The van der Waals surface area contributed by atoms with Crippen LogP contribution >= 0.6 is 0 Å². The summed E-state index contributed by atoms with van der Waals surface area (Å²) in [7, 11) is -2.54. The predicted molar refractivity (Wildman–Crippen MR) is 165 cm³/mol. The van der Waals surface area contributed by atoms with Crippen molar-refractivity contribution < 1.29 is 29.0 Å². The van der Waals surface area contributed by atoms with Crippen molar-refractivity contribution in [3.8, 4) is 0 Å². The van der Waals surface area contributed by atoms with E-state index in [9.17, 15) is 19.8 Å². The molecule has 0 spiro atoms. The molecule has 0 aromatic heterocycles. The number of rotatable bonds is 11. The predicted octanol–water partition coefficient (Wildman–Crippen LogP) is 5.58. The molecule has 7 nitrogen and oxygen atoms in total. The van der Waals surface area contributed by atoms with Gasteiger partial charge < -0.3 is 24.3 Å². The van der Waals surface area contributed by atoms with E-state index in [1.54, 1.807) is 20.8 Å². The highest BCUT2D eigenvalue weighted by Crippen LogP contribution is 2.37. The van der Waals surface area contributed by atoms with Gasteiger partial charge in [-0.05, 0) is 55.4 Å². The first-order valence-electron chi connectivity index (χ1n) is 14.9. The minimum Gasteiger partial charge on any atom is -0.481 e. The first-order valence-corrected chi connectivity index (χ1v) is 16.8. The largest absolute Gasteiger partial charge is 0.481 e. The number of carbonyl (C=O) groups is 2. The zero-order valence-electron chi connectivity index (χ0n) is 25.6. The third-order valence-electron chi connectivity index (χ3n) is 7.92. The van der Waals surface area contributed by atoms with Crippen LogP contribution in [0.1, 0.15) is 80.1 Å². The highest BCUT2D eigenvalue weighted by Gasteiger charge is 2.50. The summed E-state index contributed by atoms with van der Waals surface area (Å²) >= 11 is 0. The van der Waals surface area contributed by atoms with Gasteiger partial charge in [0.1, 0.15) is 11.5 Å². The number of carboxylic acids is 1. The van der Waals surface area contributed by atoms with Gasteiger partial charge in [-0.3, -0.25) is 4.79 Å². The Bertz CT molecular complexity index is 1070. The number of carbonyl (C=O) groups excluding carboxylic acids is 1. The number of likely N-dealkylation sites (tertiary alicyclic amines) is 1. The van der Waals surface area contributed by atoms with Gasteiger partial charge in [0.2, 0.25) is 0 Å². The summed E-state index contributed by atoms with van der Waals surface area (Å²) < 4.78 is 12.5. The van der Waals surface area contributed by atoms with E-state index in [0.29, 0.717) is 13.0 Å². The van der Waals surface area contributed by atoms with Crippen LogP contribution in [-0.4, -0.2) is 66.4 Å². The molecule has 2 N–H and O–H groups in total. The number of aliphatic hydroxyl groups is 1. The maximum absolute atomic E-state index is 12.9. The fourth-order valence-electron chi connectivity index (χ4n) is 5.94. The number of benzene rings is 2. The zero-order chi connectivity index (χ0) is 30.3. The van der Waals surface area contributed by atoms with Gasteiger partial charge in [-0.1, -0.05) is 101 Å².